The maximum Gasteiger partial charge on any atom is 0.294 e. The van der Waals surface area contributed by atoms with Gasteiger partial charge in [-0.1, -0.05) is 37.6 Å². The normalized spacial score (nSPS) is 18.7. The molecule has 0 spiro atoms. The molecule has 0 radical (unpaired) electrons. The van der Waals surface area contributed by atoms with Crippen LogP contribution in [0.5, 0.6) is 11.5 Å². The highest BCUT2D eigenvalue weighted by Gasteiger charge is 2.29. The van der Waals surface area contributed by atoms with Crippen molar-refractivity contribution in [2.45, 2.75) is 43.1 Å². The minimum Gasteiger partial charge on any atom is -0.487 e. The molecule has 2 rings (SSSR count). The van der Waals surface area contributed by atoms with E-state index in [2.05, 4.69) is 17.2 Å². The molecule has 184 valence electrons. The molecule has 1 aromatic rings. The minimum absolute atomic E-state index is 0.0459. The predicted molar refractivity (Wildman–Crippen MR) is 126 cm³/mol. The van der Waals surface area contributed by atoms with Crippen LogP contribution in [0, 0.1) is 10.1 Å². The van der Waals surface area contributed by atoms with Crippen LogP contribution in [0.4, 0.5) is 0 Å². The molecule has 1 aliphatic carbocycles. The summed E-state index contributed by atoms with van der Waals surface area (Å²) < 4.78 is 11.2. The maximum absolute atomic E-state index is 12.1. The number of rotatable bonds is 16. The molecule has 1 aromatic carbocycles. The smallest absolute Gasteiger partial charge is 0.294 e. The Morgan fingerprint density at radius 1 is 1.27 bits per heavy atom. The van der Waals surface area contributed by atoms with E-state index in [4.69, 9.17) is 14.3 Å². The van der Waals surface area contributed by atoms with E-state index in [0.29, 0.717) is 44.2 Å². The highest BCUT2D eigenvalue weighted by Crippen LogP contribution is 2.30. The molecule has 3 atom stereocenters. The van der Waals surface area contributed by atoms with Gasteiger partial charge in [-0.2, -0.15) is 0 Å². The molecule has 3 N–H and O–H groups in total. The second kappa shape index (κ2) is 15.4. The van der Waals surface area contributed by atoms with Crippen LogP contribution in [0.1, 0.15) is 25.7 Å². The van der Waals surface area contributed by atoms with Crippen molar-refractivity contribution < 1.29 is 29.3 Å². The van der Waals surface area contributed by atoms with E-state index >= 15 is 0 Å². The summed E-state index contributed by atoms with van der Waals surface area (Å²) in [6, 6.07) is 7.22. The fourth-order valence-corrected chi connectivity index (χ4v) is 4.56. The lowest BCUT2D eigenvalue weighted by molar-refractivity contribution is -0.768. The Morgan fingerprint density at radius 3 is 2.73 bits per heavy atom. The number of nitrogens with zero attached hydrogens (tertiary/aromatic N) is 1. The molecule has 0 bridgehead atoms. The number of hydrogen-bond donors (Lipinski definition) is 3. The number of aliphatic hydroxyl groups is 1. The number of hydrogen-bond acceptors (Lipinski definition) is 9. The van der Waals surface area contributed by atoms with Crippen LogP contribution in [0.2, 0.25) is 0 Å². The number of thioether (sulfide) groups is 1. The lowest BCUT2D eigenvalue weighted by atomic mass is 9.97. The molecule has 1 fully saturated rings. The number of amides is 1. The Balaban J connectivity index is 1.56. The third-order valence-electron chi connectivity index (χ3n) is 4.93. The molecular formula is C22H33N3O7S. The summed E-state index contributed by atoms with van der Waals surface area (Å²) >= 11 is 1.40. The monoisotopic (exact) mass is 483 g/mol. The molecule has 1 unspecified atom stereocenters. The first-order valence-corrected chi connectivity index (χ1v) is 12.1. The van der Waals surface area contributed by atoms with E-state index in [1.54, 1.807) is 18.2 Å². The molecule has 10 nitrogen and oxygen atoms in total. The van der Waals surface area contributed by atoms with Crippen molar-refractivity contribution in [2.75, 3.05) is 38.6 Å². The van der Waals surface area contributed by atoms with Gasteiger partial charge in [0.05, 0.1) is 5.75 Å². The van der Waals surface area contributed by atoms with Gasteiger partial charge in [0.25, 0.3) is 5.09 Å². The van der Waals surface area contributed by atoms with Gasteiger partial charge in [-0.05, 0) is 25.0 Å². The van der Waals surface area contributed by atoms with Crippen LogP contribution in [0.3, 0.4) is 0 Å². The van der Waals surface area contributed by atoms with Crippen LogP contribution in [0.15, 0.2) is 36.9 Å². The average molecular weight is 484 g/mol. The predicted octanol–water partition coefficient (Wildman–Crippen LogP) is 1.95. The largest absolute Gasteiger partial charge is 0.487 e. The van der Waals surface area contributed by atoms with Crippen LogP contribution in [-0.4, -0.2) is 72.2 Å². The summed E-state index contributed by atoms with van der Waals surface area (Å²) in [6.45, 7) is 5.28. The van der Waals surface area contributed by atoms with Crippen molar-refractivity contribution in [3.8, 4) is 11.5 Å². The van der Waals surface area contributed by atoms with E-state index in [0.717, 1.165) is 19.3 Å². The van der Waals surface area contributed by atoms with E-state index in [9.17, 15) is 20.0 Å². The Kier molecular flexibility index (Phi) is 12.4. The molecule has 0 aliphatic heterocycles. The Hall–Kier alpha value is -2.50. The van der Waals surface area contributed by atoms with E-state index < -0.39 is 17.3 Å². The molecule has 0 heterocycles. The van der Waals surface area contributed by atoms with Crippen molar-refractivity contribution in [3.05, 3.63) is 47.0 Å². The zero-order chi connectivity index (χ0) is 23.9. The molecule has 1 aliphatic rings. The Morgan fingerprint density at radius 2 is 2.00 bits per heavy atom. The van der Waals surface area contributed by atoms with Crippen LogP contribution in [0.25, 0.3) is 0 Å². The fourth-order valence-electron chi connectivity index (χ4n) is 3.36. The van der Waals surface area contributed by atoms with Crippen LogP contribution >= 0.6 is 11.8 Å². The summed E-state index contributed by atoms with van der Waals surface area (Å²) in [4.78, 5) is 27.4. The molecule has 33 heavy (non-hydrogen) atoms. The summed E-state index contributed by atoms with van der Waals surface area (Å²) in [6.07, 6.45) is 3.81. The van der Waals surface area contributed by atoms with Gasteiger partial charge < -0.3 is 30.1 Å². The molecule has 1 saturated carbocycles. The summed E-state index contributed by atoms with van der Waals surface area (Å²) in [5.74, 6) is 1.23. The van der Waals surface area contributed by atoms with Crippen molar-refractivity contribution in [1.29, 1.82) is 0 Å². The number of ether oxygens (including phenoxy) is 2. The number of nitrogens with one attached hydrogen (secondary N) is 2. The quantitative estimate of drug-likeness (QED) is 0.140. The molecular weight excluding hydrogens is 450 g/mol. The van der Waals surface area contributed by atoms with E-state index in [1.807, 2.05) is 12.1 Å². The number of benzene rings is 1. The Labute approximate surface area is 198 Å². The highest BCUT2D eigenvalue weighted by atomic mass is 32.2. The van der Waals surface area contributed by atoms with Crippen molar-refractivity contribution in [1.82, 2.24) is 10.6 Å². The summed E-state index contributed by atoms with van der Waals surface area (Å²) in [5.41, 5.74) is 0. The Bertz CT molecular complexity index is 752. The van der Waals surface area contributed by atoms with Gasteiger partial charge in [0, 0.05) is 24.9 Å². The van der Waals surface area contributed by atoms with Gasteiger partial charge in [-0.25, -0.2) is 0 Å². The van der Waals surface area contributed by atoms with E-state index in [-0.39, 0.29) is 23.5 Å². The molecule has 11 heteroatoms. The van der Waals surface area contributed by atoms with Crippen LogP contribution in [-0.2, 0) is 9.63 Å². The first-order valence-electron chi connectivity index (χ1n) is 11.0. The number of aliphatic hydroxyl groups excluding tert-OH is 1. The van der Waals surface area contributed by atoms with E-state index in [1.165, 1.54) is 11.8 Å². The van der Waals surface area contributed by atoms with Gasteiger partial charge >= 0.3 is 0 Å². The first-order chi connectivity index (χ1) is 16.0. The average Bonchev–Trinajstić information content (AvgIpc) is 2.80. The molecule has 0 saturated heterocycles. The topological polar surface area (TPSA) is 132 Å². The second-order valence-electron chi connectivity index (χ2n) is 7.57. The summed E-state index contributed by atoms with van der Waals surface area (Å²) in [5, 5.41) is 25.8. The lowest BCUT2D eigenvalue weighted by Crippen LogP contribution is -2.38. The van der Waals surface area contributed by atoms with Crippen molar-refractivity contribution in [3.63, 3.8) is 0 Å². The number of carbonyl (C=O) groups is 1. The van der Waals surface area contributed by atoms with Gasteiger partial charge in [0.15, 0.2) is 11.5 Å². The van der Waals surface area contributed by atoms with Gasteiger partial charge in [0.1, 0.15) is 25.4 Å². The summed E-state index contributed by atoms with van der Waals surface area (Å²) in [7, 11) is 0. The zero-order valence-electron chi connectivity index (χ0n) is 18.6. The SMILES string of the molecule is C=CCOc1ccccc1OCC(O)CNCCNC(=O)CS[C@@H]1CCCC[C@H]1O[N+](=O)[O-]. The fraction of sp³-hybridized carbons (Fsp3) is 0.591. The second-order valence-corrected chi connectivity index (χ2v) is 8.79. The first kappa shape index (κ1) is 26.7. The standard InChI is InChI=1S/C22H33N3O7S/c1-2-13-30-18-7-3-4-8-19(18)31-15-17(26)14-23-11-12-24-22(27)16-33-21-10-6-5-9-20(21)32-25(28)29/h2-4,7-8,17,20-21,23,26H,1,5-6,9-16H2,(H,24,27)/t17?,20-,21-/m1/s1. The molecule has 0 aromatic heterocycles. The van der Waals surface area contributed by atoms with Crippen molar-refractivity contribution >= 4 is 17.7 Å². The molecule has 1 amide bonds. The minimum atomic E-state index is -0.746. The third kappa shape index (κ3) is 10.8. The van der Waals surface area contributed by atoms with Gasteiger partial charge in [-0.3, -0.25) is 4.79 Å². The van der Waals surface area contributed by atoms with Crippen molar-refractivity contribution in [2.24, 2.45) is 0 Å². The number of para-hydroxylation sites is 2. The lowest BCUT2D eigenvalue weighted by Gasteiger charge is -2.28. The van der Waals surface area contributed by atoms with Crippen LogP contribution < -0.4 is 20.1 Å². The van der Waals surface area contributed by atoms with Gasteiger partial charge in [0.2, 0.25) is 5.91 Å². The highest BCUT2D eigenvalue weighted by molar-refractivity contribution is 8.00. The third-order valence-corrected chi connectivity index (χ3v) is 6.33. The number of carbonyl (C=O) groups excluding carboxylic acids is 1. The zero-order valence-corrected chi connectivity index (χ0v) is 19.5. The van der Waals surface area contributed by atoms with Gasteiger partial charge in [-0.15, -0.1) is 21.9 Å². The maximum atomic E-state index is 12.1.